The van der Waals surface area contributed by atoms with E-state index in [-0.39, 0.29) is 24.2 Å². The van der Waals surface area contributed by atoms with Gasteiger partial charge < -0.3 is 19.7 Å². The minimum absolute atomic E-state index is 0.0366. The number of para-hydroxylation sites is 2. The first-order valence-corrected chi connectivity index (χ1v) is 9.29. The monoisotopic (exact) mass is 361 g/mol. The van der Waals surface area contributed by atoms with Crippen LogP contribution in [-0.2, 0) is 14.3 Å². The van der Waals surface area contributed by atoms with Gasteiger partial charge in [0.1, 0.15) is 5.75 Å². The van der Waals surface area contributed by atoms with Crippen molar-refractivity contribution in [1.82, 2.24) is 10.2 Å². The van der Waals surface area contributed by atoms with E-state index < -0.39 is 0 Å². The fraction of sp³-hybridized carbons (Fsp3) is 0.579. The van der Waals surface area contributed by atoms with Crippen molar-refractivity contribution in [1.29, 1.82) is 0 Å². The molecule has 0 bridgehead atoms. The van der Waals surface area contributed by atoms with Gasteiger partial charge in [0.25, 0.3) is 0 Å². The van der Waals surface area contributed by atoms with E-state index in [4.69, 9.17) is 9.47 Å². The highest BCUT2D eigenvalue weighted by atomic mass is 16.5. The second kappa shape index (κ2) is 9.00. The summed E-state index contributed by atoms with van der Waals surface area (Å²) in [4.78, 5) is 28.8. The maximum atomic E-state index is 12.5. The van der Waals surface area contributed by atoms with E-state index in [0.717, 1.165) is 38.5 Å². The number of hydrogen-bond acceptors (Lipinski definition) is 5. The number of ether oxygens (including phenoxy) is 2. The van der Waals surface area contributed by atoms with Crippen molar-refractivity contribution < 1.29 is 19.1 Å². The molecule has 0 aliphatic carbocycles. The molecular weight excluding hydrogens is 334 g/mol. The van der Waals surface area contributed by atoms with Crippen LogP contribution >= 0.6 is 0 Å². The molecule has 2 amide bonds. The van der Waals surface area contributed by atoms with Crippen molar-refractivity contribution in [3.8, 4) is 5.75 Å². The predicted molar refractivity (Wildman–Crippen MR) is 98.3 cm³/mol. The lowest BCUT2D eigenvalue weighted by Crippen LogP contribution is -2.42. The third-order valence-electron chi connectivity index (χ3n) is 4.78. The molecule has 2 fully saturated rings. The highest BCUT2D eigenvalue weighted by molar-refractivity contribution is 6.01. The summed E-state index contributed by atoms with van der Waals surface area (Å²) in [5.74, 6) is 0.270. The Morgan fingerprint density at radius 1 is 1.31 bits per heavy atom. The lowest BCUT2D eigenvalue weighted by molar-refractivity contribution is -0.126. The lowest BCUT2D eigenvalue weighted by atomic mass is 10.1. The number of amides is 2. The quantitative estimate of drug-likeness (QED) is 0.781. The summed E-state index contributed by atoms with van der Waals surface area (Å²) in [5.41, 5.74) is 0.739. The molecular formula is C19H27N3O4. The molecule has 0 radical (unpaired) electrons. The van der Waals surface area contributed by atoms with Gasteiger partial charge in [0.05, 0.1) is 31.4 Å². The van der Waals surface area contributed by atoms with Gasteiger partial charge in [0.2, 0.25) is 11.8 Å². The van der Waals surface area contributed by atoms with Gasteiger partial charge >= 0.3 is 0 Å². The molecule has 0 aromatic heterocycles. The number of nitrogens with zero attached hydrogens (tertiary/aromatic N) is 2. The highest BCUT2D eigenvalue weighted by Gasteiger charge is 2.36. The van der Waals surface area contributed by atoms with Crippen molar-refractivity contribution in [2.24, 2.45) is 5.92 Å². The first-order valence-electron chi connectivity index (χ1n) is 9.29. The van der Waals surface area contributed by atoms with Crippen LogP contribution in [0.15, 0.2) is 24.3 Å². The van der Waals surface area contributed by atoms with Gasteiger partial charge in [-0.3, -0.25) is 14.5 Å². The van der Waals surface area contributed by atoms with Crippen molar-refractivity contribution in [3.05, 3.63) is 24.3 Å². The van der Waals surface area contributed by atoms with Crippen LogP contribution in [-0.4, -0.2) is 69.3 Å². The molecule has 142 valence electrons. The van der Waals surface area contributed by atoms with Crippen LogP contribution in [0.5, 0.6) is 5.75 Å². The normalized spacial score (nSPS) is 21.0. The van der Waals surface area contributed by atoms with E-state index in [1.165, 1.54) is 0 Å². The summed E-state index contributed by atoms with van der Waals surface area (Å²) in [5, 5.41) is 2.97. The van der Waals surface area contributed by atoms with Crippen LogP contribution in [0.25, 0.3) is 0 Å². The van der Waals surface area contributed by atoms with Gasteiger partial charge in [-0.15, -0.1) is 0 Å². The molecule has 0 saturated carbocycles. The molecule has 1 aromatic rings. The molecule has 3 rings (SSSR count). The van der Waals surface area contributed by atoms with Gasteiger partial charge in [-0.05, 0) is 19.1 Å². The lowest BCUT2D eigenvalue weighted by Gasteiger charge is -2.26. The topological polar surface area (TPSA) is 71.1 Å². The third kappa shape index (κ3) is 4.53. The molecule has 2 aliphatic heterocycles. The minimum atomic E-state index is -0.318. The molecule has 26 heavy (non-hydrogen) atoms. The first kappa shape index (κ1) is 18.7. The van der Waals surface area contributed by atoms with Crippen LogP contribution in [0.3, 0.4) is 0 Å². The SMILES string of the molecule is CCOc1ccccc1N1CC(C(=O)NCCN2CCOCC2)CC1=O. The number of morpholine rings is 1. The van der Waals surface area contributed by atoms with Crippen LogP contribution in [0, 0.1) is 5.92 Å². The van der Waals surface area contributed by atoms with Gasteiger partial charge in [0, 0.05) is 39.1 Å². The smallest absolute Gasteiger partial charge is 0.227 e. The summed E-state index contributed by atoms with van der Waals surface area (Å²) in [6.07, 6.45) is 0.240. The zero-order valence-electron chi connectivity index (χ0n) is 15.3. The molecule has 2 heterocycles. The zero-order valence-corrected chi connectivity index (χ0v) is 15.3. The minimum Gasteiger partial charge on any atom is -0.492 e. The highest BCUT2D eigenvalue weighted by Crippen LogP contribution is 2.33. The van der Waals surface area contributed by atoms with E-state index in [9.17, 15) is 9.59 Å². The third-order valence-corrected chi connectivity index (χ3v) is 4.78. The van der Waals surface area contributed by atoms with Gasteiger partial charge in [-0.2, -0.15) is 0 Å². The molecule has 1 N–H and O–H groups in total. The molecule has 1 atom stereocenters. The first-order chi connectivity index (χ1) is 12.7. The number of anilines is 1. The van der Waals surface area contributed by atoms with Crippen LogP contribution in [0.4, 0.5) is 5.69 Å². The molecule has 1 unspecified atom stereocenters. The second-order valence-corrected chi connectivity index (χ2v) is 6.55. The molecule has 2 aliphatic rings. The molecule has 2 saturated heterocycles. The van der Waals surface area contributed by atoms with Crippen molar-refractivity contribution >= 4 is 17.5 Å². The van der Waals surface area contributed by atoms with Crippen LogP contribution in [0.2, 0.25) is 0 Å². The summed E-state index contributed by atoms with van der Waals surface area (Å²) >= 11 is 0. The van der Waals surface area contributed by atoms with Gasteiger partial charge in [-0.25, -0.2) is 0 Å². The van der Waals surface area contributed by atoms with E-state index in [2.05, 4.69) is 10.2 Å². The number of benzene rings is 1. The second-order valence-electron chi connectivity index (χ2n) is 6.55. The molecule has 0 spiro atoms. The van der Waals surface area contributed by atoms with E-state index in [1.54, 1.807) is 4.90 Å². The molecule has 7 nitrogen and oxygen atoms in total. The van der Waals surface area contributed by atoms with Gasteiger partial charge in [0.15, 0.2) is 0 Å². The summed E-state index contributed by atoms with van der Waals surface area (Å²) in [7, 11) is 0. The van der Waals surface area contributed by atoms with Crippen LogP contribution < -0.4 is 15.0 Å². The van der Waals surface area contributed by atoms with E-state index in [1.807, 2.05) is 31.2 Å². The number of carbonyl (C=O) groups excluding carboxylic acids is 2. The Bertz CT molecular complexity index is 631. The Labute approximate surface area is 154 Å². The summed E-state index contributed by atoms with van der Waals surface area (Å²) in [6.45, 7) is 7.55. The van der Waals surface area contributed by atoms with E-state index >= 15 is 0 Å². The fourth-order valence-corrected chi connectivity index (χ4v) is 3.38. The maximum Gasteiger partial charge on any atom is 0.227 e. The summed E-state index contributed by atoms with van der Waals surface area (Å²) in [6, 6.07) is 7.47. The Kier molecular flexibility index (Phi) is 6.46. The molecule has 7 heteroatoms. The largest absolute Gasteiger partial charge is 0.492 e. The maximum absolute atomic E-state index is 12.5. The Morgan fingerprint density at radius 3 is 2.85 bits per heavy atom. The van der Waals surface area contributed by atoms with E-state index in [0.29, 0.717) is 25.4 Å². The van der Waals surface area contributed by atoms with Gasteiger partial charge in [-0.1, -0.05) is 12.1 Å². The Balaban J connectivity index is 1.53. The van der Waals surface area contributed by atoms with Crippen molar-refractivity contribution in [2.75, 3.05) is 57.4 Å². The average Bonchev–Trinajstić information content (AvgIpc) is 3.05. The predicted octanol–water partition coefficient (Wildman–Crippen LogP) is 0.887. The molecule has 1 aromatic carbocycles. The standard InChI is InChI=1S/C19H27N3O4/c1-2-26-17-6-4-3-5-16(17)22-14-15(13-18(22)23)19(24)20-7-8-21-9-11-25-12-10-21/h3-6,15H,2,7-14H2,1H3,(H,20,24). The Morgan fingerprint density at radius 2 is 2.08 bits per heavy atom. The average molecular weight is 361 g/mol. The zero-order chi connectivity index (χ0) is 18.4. The number of rotatable bonds is 7. The number of nitrogens with one attached hydrogen (secondary N) is 1. The number of carbonyl (C=O) groups is 2. The van der Waals surface area contributed by atoms with Crippen molar-refractivity contribution in [2.45, 2.75) is 13.3 Å². The summed E-state index contributed by atoms with van der Waals surface area (Å²) < 4.78 is 10.9. The van der Waals surface area contributed by atoms with Crippen molar-refractivity contribution in [3.63, 3.8) is 0 Å². The Hall–Kier alpha value is -2.12. The fourth-order valence-electron chi connectivity index (χ4n) is 3.38. The van der Waals surface area contributed by atoms with Crippen LogP contribution in [0.1, 0.15) is 13.3 Å². The number of hydrogen-bond donors (Lipinski definition) is 1.